The molecule has 30 heavy (non-hydrogen) atoms. The number of piperazine rings is 1. The molecule has 0 amide bonds. The minimum atomic E-state index is 0.364. The van der Waals surface area contributed by atoms with E-state index < -0.39 is 0 Å². The first-order valence-corrected chi connectivity index (χ1v) is 10.6. The van der Waals surface area contributed by atoms with Crippen molar-refractivity contribution in [1.29, 1.82) is 0 Å². The average molecular weight is 407 g/mol. The van der Waals surface area contributed by atoms with Crippen molar-refractivity contribution in [3.05, 3.63) is 47.7 Å². The number of phenolic OH excluding ortho intramolecular Hbond substituents is 1. The molecule has 6 nitrogen and oxygen atoms in total. The van der Waals surface area contributed by atoms with Gasteiger partial charge in [-0.25, -0.2) is 4.98 Å². The van der Waals surface area contributed by atoms with Gasteiger partial charge in [0, 0.05) is 46.4 Å². The summed E-state index contributed by atoms with van der Waals surface area (Å²) < 4.78 is 5.16. The van der Waals surface area contributed by atoms with Crippen LogP contribution in [0.1, 0.15) is 17.5 Å². The zero-order valence-corrected chi connectivity index (χ0v) is 18.1. The van der Waals surface area contributed by atoms with Gasteiger partial charge in [-0.1, -0.05) is 6.07 Å². The summed E-state index contributed by atoms with van der Waals surface area (Å²) in [5.41, 5.74) is 5.73. The molecule has 0 bridgehead atoms. The molecule has 6 heteroatoms. The van der Waals surface area contributed by atoms with Gasteiger partial charge in [0.15, 0.2) is 0 Å². The predicted molar refractivity (Wildman–Crippen MR) is 121 cm³/mol. The van der Waals surface area contributed by atoms with E-state index in [0.717, 1.165) is 84.9 Å². The molecule has 0 atom stereocenters. The Balaban J connectivity index is 1.53. The molecular formula is C24H30N4O2. The van der Waals surface area contributed by atoms with Crippen LogP contribution < -0.4 is 4.90 Å². The van der Waals surface area contributed by atoms with Crippen LogP contribution in [0.2, 0.25) is 0 Å². The zero-order valence-electron chi connectivity index (χ0n) is 18.1. The van der Waals surface area contributed by atoms with Crippen molar-refractivity contribution in [3.8, 4) is 16.9 Å². The summed E-state index contributed by atoms with van der Waals surface area (Å²) >= 11 is 0. The lowest BCUT2D eigenvalue weighted by Crippen LogP contribution is -2.47. The van der Waals surface area contributed by atoms with Gasteiger partial charge < -0.3 is 14.7 Å². The highest BCUT2D eigenvalue weighted by atomic mass is 16.5. The van der Waals surface area contributed by atoms with Crippen molar-refractivity contribution in [2.45, 2.75) is 20.3 Å². The number of methoxy groups -OCH3 is 1. The number of aromatic nitrogens is 2. The molecule has 1 fully saturated rings. The number of hydrogen-bond donors (Lipinski definition) is 1. The summed E-state index contributed by atoms with van der Waals surface area (Å²) in [5.74, 6) is 1.30. The number of nitrogens with zero attached hydrogens (tertiary/aromatic N) is 4. The van der Waals surface area contributed by atoms with E-state index in [4.69, 9.17) is 9.72 Å². The number of ether oxygens (including phenoxy) is 1. The van der Waals surface area contributed by atoms with Gasteiger partial charge in [-0.2, -0.15) is 0 Å². The Hall–Kier alpha value is -2.70. The second-order valence-electron chi connectivity index (χ2n) is 8.07. The highest BCUT2D eigenvalue weighted by molar-refractivity contribution is 5.82. The summed E-state index contributed by atoms with van der Waals surface area (Å²) in [4.78, 5) is 14.4. The van der Waals surface area contributed by atoms with E-state index in [9.17, 15) is 5.11 Å². The first kappa shape index (κ1) is 20.6. The lowest BCUT2D eigenvalue weighted by atomic mass is 9.99. The first-order chi connectivity index (χ1) is 14.5. The van der Waals surface area contributed by atoms with E-state index in [2.05, 4.69) is 26.9 Å². The van der Waals surface area contributed by atoms with Crippen molar-refractivity contribution in [2.24, 2.45) is 0 Å². The van der Waals surface area contributed by atoms with Crippen LogP contribution in [0.4, 0.5) is 5.82 Å². The number of anilines is 1. The number of fused-ring (bicyclic) bond motifs is 1. The number of hydrogen-bond acceptors (Lipinski definition) is 6. The summed E-state index contributed by atoms with van der Waals surface area (Å²) in [6.07, 6.45) is 2.96. The van der Waals surface area contributed by atoms with Crippen LogP contribution in [0.25, 0.3) is 22.2 Å². The molecule has 0 unspecified atom stereocenters. The predicted octanol–water partition coefficient (Wildman–Crippen LogP) is 3.78. The smallest absolute Gasteiger partial charge is 0.147 e. The van der Waals surface area contributed by atoms with Crippen molar-refractivity contribution in [3.63, 3.8) is 0 Å². The fourth-order valence-corrected chi connectivity index (χ4v) is 4.09. The third-order valence-electron chi connectivity index (χ3n) is 5.87. The molecule has 1 aliphatic rings. The van der Waals surface area contributed by atoms with Gasteiger partial charge in [0.05, 0.1) is 17.2 Å². The molecule has 0 radical (unpaired) electrons. The van der Waals surface area contributed by atoms with Gasteiger partial charge in [-0.3, -0.25) is 9.88 Å². The van der Waals surface area contributed by atoms with Crippen molar-refractivity contribution >= 4 is 16.9 Å². The van der Waals surface area contributed by atoms with Crippen LogP contribution in [0.3, 0.4) is 0 Å². The average Bonchev–Trinajstić information content (AvgIpc) is 2.77. The summed E-state index contributed by atoms with van der Waals surface area (Å²) in [5, 5.41) is 10.1. The Kier molecular flexibility index (Phi) is 6.16. The van der Waals surface area contributed by atoms with E-state index in [1.54, 1.807) is 7.11 Å². The second-order valence-corrected chi connectivity index (χ2v) is 8.07. The van der Waals surface area contributed by atoms with E-state index in [-0.39, 0.29) is 0 Å². The maximum atomic E-state index is 10.1. The third kappa shape index (κ3) is 4.40. The molecule has 0 aliphatic carbocycles. The van der Waals surface area contributed by atoms with Gasteiger partial charge in [0.1, 0.15) is 11.6 Å². The Morgan fingerprint density at radius 3 is 2.40 bits per heavy atom. The monoisotopic (exact) mass is 406 g/mol. The van der Waals surface area contributed by atoms with Gasteiger partial charge >= 0.3 is 0 Å². The standard InChI is InChI=1S/C24H30N4O2/c1-17-13-20(14-18(2)24(17)29)19-5-6-21-22(15-19)26-23(16-25-21)28-10-8-27(9-11-28)7-4-12-30-3/h5-6,13-16,29H,4,7-12H2,1-3H3. The zero-order chi connectivity index (χ0) is 21.1. The van der Waals surface area contributed by atoms with Crippen LogP contribution in [0.5, 0.6) is 5.75 Å². The Morgan fingerprint density at radius 2 is 1.70 bits per heavy atom. The molecule has 1 saturated heterocycles. The molecule has 0 saturated carbocycles. The normalized spacial score (nSPS) is 15.1. The lowest BCUT2D eigenvalue weighted by molar-refractivity contribution is 0.169. The lowest BCUT2D eigenvalue weighted by Gasteiger charge is -2.35. The largest absolute Gasteiger partial charge is 0.507 e. The van der Waals surface area contributed by atoms with Gasteiger partial charge in [-0.05, 0) is 66.8 Å². The van der Waals surface area contributed by atoms with Gasteiger partial charge in [0.25, 0.3) is 0 Å². The Morgan fingerprint density at radius 1 is 0.967 bits per heavy atom. The molecular weight excluding hydrogens is 376 g/mol. The Bertz CT molecular complexity index is 1010. The van der Waals surface area contributed by atoms with Gasteiger partial charge in [0.2, 0.25) is 0 Å². The molecule has 0 spiro atoms. The number of aryl methyl sites for hydroxylation is 2. The SMILES string of the molecule is COCCCN1CCN(c2cnc3ccc(-c4cc(C)c(O)c(C)c4)cc3n2)CC1. The summed E-state index contributed by atoms with van der Waals surface area (Å²) in [6, 6.07) is 10.2. The third-order valence-corrected chi connectivity index (χ3v) is 5.87. The number of aromatic hydroxyl groups is 1. The van der Waals surface area contributed by atoms with Crippen molar-refractivity contribution in [2.75, 3.05) is 51.3 Å². The molecule has 1 N–H and O–H groups in total. The van der Waals surface area contributed by atoms with Crippen LogP contribution in [-0.2, 0) is 4.74 Å². The van der Waals surface area contributed by atoms with E-state index in [0.29, 0.717) is 5.75 Å². The molecule has 1 aliphatic heterocycles. The van der Waals surface area contributed by atoms with E-state index in [1.807, 2.05) is 38.2 Å². The molecule has 3 aromatic rings. The minimum Gasteiger partial charge on any atom is -0.507 e. The highest BCUT2D eigenvalue weighted by Crippen LogP contribution is 2.30. The van der Waals surface area contributed by atoms with E-state index in [1.165, 1.54) is 0 Å². The quantitative estimate of drug-likeness (QED) is 0.629. The van der Waals surface area contributed by atoms with Crippen LogP contribution in [-0.4, -0.2) is 66.4 Å². The van der Waals surface area contributed by atoms with Crippen LogP contribution in [0, 0.1) is 13.8 Å². The van der Waals surface area contributed by atoms with Crippen LogP contribution >= 0.6 is 0 Å². The summed E-state index contributed by atoms with van der Waals surface area (Å²) in [6.45, 7) is 9.76. The van der Waals surface area contributed by atoms with Crippen LogP contribution in [0.15, 0.2) is 36.5 Å². The second kappa shape index (κ2) is 8.98. The molecule has 4 rings (SSSR count). The number of rotatable bonds is 6. The van der Waals surface area contributed by atoms with Crippen molar-refractivity contribution < 1.29 is 9.84 Å². The van der Waals surface area contributed by atoms with Gasteiger partial charge in [-0.15, -0.1) is 0 Å². The van der Waals surface area contributed by atoms with Crippen molar-refractivity contribution in [1.82, 2.24) is 14.9 Å². The number of benzene rings is 2. The molecule has 158 valence electrons. The first-order valence-electron chi connectivity index (χ1n) is 10.6. The fourth-order valence-electron chi connectivity index (χ4n) is 4.09. The topological polar surface area (TPSA) is 61.7 Å². The number of phenols is 1. The minimum absolute atomic E-state index is 0.364. The highest BCUT2D eigenvalue weighted by Gasteiger charge is 2.18. The molecule has 2 heterocycles. The molecule has 2 aromatic carbocycles. The molecule has 1 aromatic heterocycles. The fraction of sp³-hybridized carbons (Fsp3) is 0.417. The summed E-state index contributed by atoms with van der Waals surface area (Å²) in [7, 11) is 1.76. The van der Waals surface area contributed by atoms with E-state index >= 15 is 0 Å². The maximum absolute atomic E-state index is 10.1. The Labute approximate surface area is 178 Å². The maximum Gasteiger partial charge on any atom is 0.147 e.